The molecule has 0 radical (unpaired) electrons. The molecular weight excluding hydrogens is 298 g/mol. The number of aromatic nitrogens is 2. The summed E-state index contributed by atoms with van der Waals surface area (Å²) in [6.45, 7) is 3.54. The van der Waals surface area contributed by atoms with E-state index in [4.69, 9.17) is 4.74 Å². The lowest BCUT2D eigenvalue weighted by Gasteiger charge is -2.28. The average molecular weight is 315 g/mol. The maximum Gasteiger partial charge on any atom is 0.230 e. The highest BCUT2D eigenvalue weighted by Crippen LogP contribution is 2.28. The van der Waals surface area contributed by atoms with Gasteiger partial charge in [0.05, 0.1) is 6.61 Å². The first kappa shape index (κ1) is 15.2. The third-order valence-corrected chi connectivity index (χ3v) is 4.75. The van der Waals surface area contributed by atoms with Crippen LogP contribution in [0.5, 0.6) is 5.88 Å². The van der Waals surface area contributed by atoms with Gasteiger partial charge in [0, 0.05) is 35.4 Å². The van der Waals surface area contributed by atoms with Crippen molar-refractivity contribution < 1.29 is 13.7 Å². The van der Waals surface area contributed by atoms with Gasteiger partial charge in [0.25, 0.3) is 0 Å². The Morgan fingerprint density at radius 3 is 2.65 bits per heavy atom. The molecule has 1 fully saturated rings. The summed E-state index contributed by atoms with van der Waals surface area (Å²) < 4.78 is 16.9. The number of aldehydes is 1. The van der Waals surface area contributed by atoms with Gasteiger partial charge >= 0.3 is 0 Å². The second-order valence-corrected chi connectivity index (χ2v) is 6.61. The number of nitrogens with zero attached hydrogens (tertiary/aromatic N) is 3. The van der Waals surface area contributed by atoms with Crippen molar-refractivity contribution in [3.63, 3.8) is 0 Å². The molecule has 0 aliphatic carbocycles. The predicted octanol–water partition coefficient (Wildman–Crippen LogP) is 0.978. The van der Waals surface area contributed by atoms with E-state index in [1.807, 2.05) is 18.1 Å². The van der Waals surface area contributed by atoms with Crippen molar-refractivity contribution in [1.29, 1.82) is 0 Å². The number of thioether (sulfide) groups is 1. The number of hydrogen-bond donors (Lipinski definition) is 0. The average Bonchev–Trinajstić information content (AvgIpc) is 2.47. The number of rotatable bonds is 5. The third-order valence-electron chi connectivity index (χ3n) is 2.93. The summed E-state index contributed by atoms with van der Waals surface area (Å²) in [5, 5.41) is 0.570. The molecule has 2 heterocycles. The Morgan fingerprint density at radius 1 is 1.40 bits per heavy atom. The highest BCUT2D eigenvalue weighted by molar-refractivity contribution is 7.98. The zero-order chi connectivity index (χ0) is 14.5. The summed E-state index contributed by atoms with van der Waals surface area (Å²) in [5.41, 5.74) is 0.373. The van der Waals surface area contributed by atoms with Crippen LogP contribution in [0.2, 0.25) is 0 Å². The van der Waals surface area contributed by atoms with Crippen molar-refractivity contribution in [2.45, 2.75) is 12.1 Å². The topological polar surface area (TPSA) is 72.4 Å². The van der Waals surface area contributed by atoms with Crippen LogP contribution in [-0.2, 0) is 10.8 Å². The Morgan fingerprint density at radius 2 is 2.10 bits per heavy atom. The van der Waals surface area contributed by atoms with Crippen LogP contribution < -0.4 is 9.64 Å². The molecule has 2 rings (SSSR count). The second kappa shape index (κ2) is 7.03. The number of carbonyl (C=O) groups is 1. The molecule has 6 nitrogen and oxygen atoms in total. The van der Waals surface area contributed by atoms with Crippen molar-refractivity contribution in [3.8, 4) is 5.88 Å². The molecule has 20 heavy (non-hydrogen) atoms. The molecule has 0 unspecified atom stereocenters. The van der Waals surface area contributed by atoms with Crippen LogP contribution in [0.25, 0.3) is 0 Å². The van der Waals surface area contributed by atoms with E-state index in [1.165, 1.54) is 11.8 Å². The summed E-state index contributed by atoms with van der Waals surface area (Å²) in [4.78, 5) is 22.0. The largest absolute Gasteiger partial charge is 0.477 e. The standard InChI is InChI=1S/C12H17N3O3S2/c1-3-18-11-9(8-16)10(13-12(14-11)19-2)15-4-6-20(17)7-5-15/h8H,3-7H2,1-2H3. The molecule has 110 valence electrons. The molecule has 0 atom stereocenters. The lowest BCUT2D eigenvalue weighted by atomic mass is 10.3. The number of anilines is 1. The van der Waals surface area contributed by atoms with Crippen molar-refractivity contribution in [1.82, 2.24) is 9.97 Å². The molecule has 0 amide bonds. The quantitative estimate of drug-likeness (QED) is 0.455. The number of hydrogen-bond acceptors (Lipinski definition) is 7. The lowest BCUT2D eigenvalue weighted by molar-refractivity contribution is 0.111. The van der Waals surface area contributed by atoms with E-state index < -0.39 is 10.8 Å². The Bertz CT molecular complexity index is 515. The van der Waals surface area contributed by atoms with Crippen molar-refractivity contribution in [2.75, 3.05) is 42.4 Å². The first-order valence-electron chi connectivity index (χ1n) is 6.33. The SMILES string of the molecule is CCOc1nc(SC)nc(N2CCS(=O)CC2)c1C=O. The second-order valence-electron chi connectivity index (χ2n) is 4.14. The molecule has 0 saturated carbocycles. The molecule has 1 aliphatic rings. The molecule has 1 aromatic rings. The van der Waals surface area contributed by atoms with Gasteiger partial charge in [-0.25, -0.2) is 4.98 Å². The summed E-state index contributed by atoms with van der Waals surface area (Å²) in [5.74, 6) is 2.10. The van der Waals surface area contributed by atoms with E-state index in [2.05, 4.69) is 9.97 Å². The fraction of sp³-hybridized carbons (Fsp3) is 0.583. The van der Waals surface area contributed by atoms with E-state index >= 15 is 0 Å². The Labute approximate surface area is 124 Å². The van der Waals surface area contributed by atoms with E-state index in [-0.39, 0.29) is 0 Å². The Hall–Kier alpha value is -1.15. The van der Waals surface area contributed by atoms with Gasteiger partial charge < -0.3 is 9.64 Å². The molecule has 0 bridgehead atoms. The summed E-state index contributed by atoms with van der Waals surface area (Å²) >= 11 is 1.40. The van der Waals surface area contributed by atoms with Gasteiger partial charge in [-0.05, 0) is 13.2 Å². The van der Waals surface area contributed by atoms with Gasteiger partial charge in [0.2, 0.25) is 5.88 Å². The van der Waals surface area contributed by atoms with Crippen LogP contribution in [0.15, 0.2) is 5.16 Å². The van der Waals surface area contributed by atoms with Gasteiger partial charge in [-0.2, -0.15) is 4.98 Å². The van der Waals surface area contributed by atoms with Gasteiger partial charge in [-0.3, -0.25) is 9.00 Å². The van der Waals surface area contributed by atoms with Crippen LogP contribution >= 0.6 is 11.8 Å². The van der Waals surface area contributed by atoms with Gasteiger partial charge in [-0.15, -0.1) is 0 Å². The first-order valence-corrected chi connectivity index (χ1v) is 9.04. The highest BCUT2D eigenvalue weighted by Gasteiger charge is 2.23. The molecular formula is C12H17N3O3S2. The predicted molar refractivity (Wildman–Crippen MR) is 80.5 cm³/mol. The monoisotopic (exact) mass is 315 g/mol. The maximum absolute atomic E-state index is 11.4. The molecule has 1 aromatic heterocycles. The molecule has 1 aliphatic heterocycles. The van der Waals surface area contributed by atoms with Gasteiger partial charge in [-0.1, -0.05) is 11.8 Å². The van der Waals surface area contributed by atoms with Crippen LogP contribution in [0.1, 0.15) is 17.3 Å². The van der Waals surface area contributed by atoms with Crippen molar-refractivity contribution in [2.24, 2.45) is 0 Å². The zero-order valence-corrected chi connectivity index (χ0v) is 13.1. The van der Waals surface area contributed by atoms with Gasteiger partial charge in [0.15, 0.2) is 11.4 Å². The normalized spacial score (nSPS) is 16.2. The maximum atomic E-state index is 11.4. The van der Waals surface area contributed by atoms with Gasteiger partial charge in [0.1, 0.15) is 11.4 Å². The Balaban J connectivity index is 2.41. The highest BCUT2D eigenvalue weighted by atomic mass is 32.2. The van der Waals surface area contributed by atoms with E-state index in [9.17, 15) is 9.00 Å². The Kier molecular flexibility index (Phi) is 5.36. The minimum Gasteiger partial charge on any atom is -0.477 e. The molecule has 0 aromatic carbocycles. The minimum absolute atomic E-state index is 0.323. The fourth-order valence-electron chi connectivity index (χ4n) is 1.95. The van der Waals surface area contributed by atoms with Crippen molar-refractivity contribution in [3.05, 3.63) is 5.56 Å². The number of carbonyl (C=O) groups excluding carboxylic acids is 1. The molecule has 8 heteroatoms. The van der Waals surface area contributed by atoms with Crippen LogP contribution in [0.3, 0.4) is 0 Å². The van der Waals surface area contributed by atoms with Crippen LogP contribution in [-0.4, -0.2) is 57.9 Å². The van der Waals surface area contributed by atoms with Crippen LogP contribution in [0, 0.1) is 0 Å². The lowest BCUT2D eigenvalue weighted by Crippen LogP contribution is -2.39. The third kappa shape index (κ3) is 3.29. The van der Waals surface area contributed by atoms with Crippen molar-refractivity contribution >= 4 is 34.7 Å². The molecule has 0 N–H and O–H groups in total. The zero-order valence-electron chi connectivity index (χ0n) is 11.5. The van der Waals surface area contributed by atoms with Crippen LogP contribution in [0.4, 0.5) is 5.82 Å². The molecule has 0 spiro atoms. The van der Waals surface area contributed by atoms with E-state index in [0.29, 0.717) is 53.6 Å². The van der Waals surface area contributed by atoms with E-state index in [0.717, 1.165) is 6.29 Å². The van der Waals surface area contributed by atoms with E-state index in [1.54, 1.807) is 0 Å². The smallest absolute Gasteiger partial charge is 0.230 e. The first-order chi connectivity index (χ1) is 9.69. The summed E-state index contributed by atoms with van der Waals surface area (Å²) in [7, 11) is -0.769. The minimum atomic E-state index is -0.769. The number of ether oxygens (including phenoxy) is 1. The summed E-state index contributed by atoms with van der Waals surface area (Å²) in [6.07, 6.45) is 2.61. The fourth-order valence-corrected chi connectivity index (χ4v) is 3.35. The summed E-state index contributed by atoms with van der Waals surface area (Å²) in [6, 6.07) is 0. The molecule has 1 saturated heterocycles.